The molecule has 3 rings (SSSR count). The molecule has 0 aromatic carbocycles. The number of aromatic nitrogens is 3. The van der Waals surface area contributed by atoms with Crippen molar-refractivity contribution in [3.05, 3.63) is 30.3 Å². The van der Waals surface area contributed by atoms with E-state index < -0.39 is 18.0 Å². The second-order valence-electron chi connectivity index (χ2n) is 5.20. The standard InChI is InChI=1S/C14H14N6O4/c1-20(11(21)6-9-13(22)18-14(23)16-9)7-10-17-12(19-24-10)8-4-2-3-5-15-8/h2-5,9H,6-7H2,1H3,(H2,16,18,22,23)/t9-/m0/s1. The summed E-state index contributed by atoms with van der Waals surface area (Å²) in [7, 11) is 1.54. The van der Waals surface area contributed by atoms with Crippen LogP contribution in [0.1, 0.15) is 12.3 Å². The van der Waals surface area contributed by atoms with Crippen LogP contribution < -0.4 is 10.6 Å². The molecule has 2 N–H and O–H groups in total. The molecule has 0 aliphatic carbocycles. The van der Waals surface area contributed by atoms with Gasteiger partial charge in [0.15, 0.2) is 0 Å². The molecule has 0 radical (unpaired) electrons. The summed E-state index contributed by atoms with van der Waals surface area (Å²) in [6.45, 7) is 0.0843. The van der Waals surface area contributed by atoms with Crippen LogP contribution in [0.3, 0.4) is 0 Å². The normalized spacial score (nSPS) is 16.6. The lowest BCUT2D eigenvalue weighted by Gasteiger charge is -2.16. The Morgan fingerprint density at radius 3 is 2.88 bits per heavy atom. The molecule has 10 heteroatoms. The van der Waals surface area contributed by atoms with E-state index in [1.807, 2.05) is 0 Å². The number of amides is 4. The van der Waals surface area contributed by atoms with E-state index in [1.165, 1.54) is 4.90 Å². The highest BCUT2D eigenvalue weighted by molar-refractivity contribution is 6.05. The van der Waals surface area contributed by atoms with Crippen LogP contribution in [-0.2, 0) is 16.1 Å². The van der Waals surface area contributed by atoms with Gasteiger partial charge in [-0.1, -0.05) is 11.2 Å². The minimum atomic E-state index is -0.862. The number of imide groups is 1. The van der Waals surface area contributed by atoms with Crippen LogP contribution in [0.15, 0.2) is 28.9 Å². The van der Waals surface area contributed by atoms with Crippen molar-refractivity contribution in [3.63, 3.8) is 0 Å². The number of carbonyl (C=O) groups is 3. The average Bonchev–Trinajstić information content (AvgIpc) is 3.15. The fourth-order valence-electron chi connectivity index (χ4n) is 2.14. The SMILES string of the molecule is CN(Cc1nc(-c2ccccn2)no1)C(=O)C[C@@H]1NC(=O)NC1=O. The van der Waals surface area contributed by atoms with Gasteiger partial charge in [-0.2, -0.15) is 4.98 Å². The van der Waals surface area contributed by atoms with Crippen LogP contribution in [0, 0.1) is 0 Å². The molecule has 0 saturated carbocycles. The van der Waals surface area contributed by atoms with E-state index in [9.17, 15) is 14.4 Å². The van der Waals surface area contributed by atoms with Gasteiger partial charge >= 0.3 is 6.03 Å². The third-order valence-corrected chi connectivity index (χ3v) is 3.40. The summed E-state index contributed by atoms with van der Waals surface area (Å²) in [5.74, 6) is -0.285. The van der Waals surface area contributed by atoms with Crippen molar-refractivity contribution in [1.29, 1.82) is 0 Å². The maximum absolute atomic E-state index is 12.1. The second kappa shape index (κ2) is 6.44. The Labute approximate surface area is 136 Å². The van der Waals surface area contributed by atoms with E-state index in [4.69, 9.17) is 4.52 Å². The summed E-state index contributed by atoms with van der Waals surface area (Å²) >= 11 is 0. The predicted molar refractivity (Wildman–Crippen MR) is 79.1 cm³/mol. The third kappa shape index (κ3) is 3.37. The van der Waals surface area contributed by atoms with E-state index in [0.717, 1.165) is 0 Å². The maximum atomic E-state index is 12.1. The first kappa shape index (κ1) is 15.6. The molecule has 1 saturated heterocycles. The van der Waals surface area contributed by atoms with Crippen molar-refractivity contribution < 1.29 is 18.9 Å². The quantitative estimate of drug-likeness (QED) is 0.719. The number of rotatable bonds is 5. The highest BCUT2D eigenvalue weighted by Gasteiger charge is 2.32. The third-order valence-electron chi connectivity index (χ3n) is 3.40. The summed E-state index contributed by atoms with van der Waals surface area (Å²) in [6, 6.07) is 3.85. The summed E-state index contributed by atoms with van der Waals surface area (Å²) < 4.78 is 5.10. The predicted octanol–water partition coefficient (Wildman–Crippen LogP) is -0.312. The Bertz CT molecular complexity index is 775. The molecule has 0 bridgehead atoms. The van der Waals surface area contributed by atoms with Gasteiger partial charge in [-0.25, -0.2) is 4.79 Å². The first-order chi connectivity index (χ1) is 11.5. The summed E-state index contributed by atoms with van der Waals surface area (Å²) in [5, 5.41) is 8.26. The van der Waals surface area contributed by atoms with E-state index in [-0.39, 0.29) is 24.8 Å². The van der Waals surface area contributed by atoms with Gasteiger partial charge in [-0.05, 0) is 12.1 Å². The van der Waals surface area contributed by atoms with Crippen LogP contribution in [0.25, 0.3) is 11.5 Å². The molecule has 1 fully saturated rings. The zero-order valence-electron chi connectivity index (χ0n) is 12.7. The van der Waals surface area contributed by atoms with E-state index in [1.54, 1.807) is 31.4 Å². The molecule has 4 amide bonds. The molecule has 10 nitrogen and oxygen atoms in total. The van der Waals surface area contributed by atoms with Gasteiger partial charge in [-0.3, -0.25) is 19.9 Å². The first-order valence-corrected chi connectivity index (χ1v) is 7.12. The Balaban J connectivity index is 1.59. The number of urea groups is 1. The Kier molecular flexibility index (Phi) is 4.18. The van der Waals surface area contributed by atoms with Crippen molar-refractivity contribution >= 4 is 17.8 Å². The monoisotopic (exact) mass is 330 g/mol. The summed E-state index contributed by atoms with van der Waals surface area (Å²) in [6.07, 6.45) is 1.47. The highest BCUT2D eigenvalue weighted by Crippen LogP contribution is 2.13. The Hall–Kier alpha value is -3.30. The van der Waals surface area contributed by atoms with E-state index in [0.29, 0.717) is 11.5 Å². The van der Waals surface area contributed by atoms with Crippen LogP contribution in [0.2, 0.25) is 0 Å². The van der Waals surface area contributed by atoms with Gasteiger partial charge in [0.25, 0.3) is 5.91 Å². The highest BCUT2D eigenvalue weighted by atomic mass is 16.5. The molecule has 2 aromatic heterocycles. The molecule has 0 unspecified atom stereocenters. The number of pyridine rings is 1. The van der Waals surface area contributed by atoms with Crippen molar-refractivity contribution in [2.45, 2.75) is 19.0 Å². The van der Waals surface area contributed by atoms with Gasteiger partial charge < -0.3 is 14.7 Å². The van der Waals surface area contributed by atoms with Gasteiger partial charge in [0, 0.05) is 13.2 Å². The lowest BCUT2D eigenvalue weighted by molar-refractivity contribution is -0.133. The van der Waals surface area contributed by atoms with E-state index >= 15 is 0 Å². The van der Waals surface area contributed by atoms with Gasteiger partial charge in [-0.15, -0.1) is 0 Å². The molecule has 1 aliphatic heterocycles. The van der Waals surface area contributed by atoms with Gasteiger partial charge in [0.05, 0.1) is 13.0 Å². The first-order valence-electron chi connectivity index (χ1n) is 7.12. The lowest BCUT2D eigenvalue weighted by atomic mass is 10.2. The number of nitrogens with zero attached hydrogens (tertiary/aromatic N) is 4. The summed E-state index contributed by atoms with van der Waals surface area (Å²) in [5.41, 5.74) is 0.562. The number of nitrogens with one attached hydrogen (secondary N) is 2. The molecular formula is C14H14N6O4. The van der Waals surface area contributed by atoms with Crippen molar-refractivity contribution in [1.82, 2.24) is 30.7 Å². The van der Waals surface area contributed by atoms with Crippen LogP contribution in [-0.4, -0.2) is 51.0 Å². The zero-order chi connectivity index (χ0) is 17.1. The minimum Gasteiger partial charge on any atom is -0.337 e. The molecule has 2 aromatic rings. The molecule has 0 spiro atoms. The number of carbonyl (C=O) groups excluding carboxylic acids is 3. The van der Waals surface area contributed by atoms with Crippen molar-refractivity contribution in [3.8, 4) is 11.5 Å². The average molecular weight is 330 g/mol. The largest absolute Gasteiger partial charge is 0.337 e. The zero-order valence-corrected chi connectivity index (χ0v) is 12.7. The van der Waals surface area contributed by atoms with Crippen LogP contribution >= 0.6 is 0 Å². The minimum absolute atomic E-state index is 0.0843. The Morgan fingerprint density at radius 2 is 2.21 bits per heavy atom. The molecule has 3 heterocycles. The van der Waals surface area contributed by atoms with E-state index in [2.05, 4.69) is 25.8 Å². The van der Waals surface area contributed by atoms with Crippen LogP contribution in [0.4, 0.5) is 4.79 Å². The summed E-state index contributed by atoms with van der Waals surface area (Å²) in [4.78, 5) is 44.2. The van der Waals surface area contributed by atoms with Crippen LogP contribution in [0.5, 0.6) is 0 Å². The Morgan fingerprint density at radius 1 is 1.38 bits per heavy atom. The van der Waals surface area contributed by atoms with Gasteiger partial charge in [0.1, 0.15) is 11.7 Å². The van der Waals surface area contributed by atoms with Gasteiger partial charge in [0.2, 0.25) is 17.6 Å². The molecule has 24 heavy (non-hydrogen) atoms. The molecule has 124 valence electrons. The maximum Gasteiger partial charge on any atom is 0.322 e. The number of hydrogen-bond donors (Lipinski definition) is 2. The lowest BCUT2D eigenvalue weighted by Crippen LogP contribution is -2.37. The fraction of sp³-hybridized carbons (Fsp3) is 0.286. The second-order valence-corrected chi connectivity index (χ2v) is 5.20. The smallest absolute Gasteiger partial charge is 0.322 e. The van der Waals surface area contributed by atoms with Crippen molar-refractivity contribution in [2.75, 3.05) is 7.05 Å². The number of hydrogen-bond acceptors (Lipinski definition) is 7. The van der Waals surface area contributed by atoms with Crippen molar-refractivity contribution in [2.24, 2.45) is 0 Å². The topological polar surface area (TPSA) is 130 Å². The fourth-order valence-corrected chi connectivity index (χ4v) is 2.14. The molecular weight excluding hydrogens is 316 g/mol. The molecule has 1 aliphatic rings. The molecule has 1 atom stereocenters.